The van der Waals surface area contributed by atoms with Crippen LogP contribution in [0.4, 0.5) is 0 Å². The second-order valence-corrected chi connectivity index (χ2v) is 5.04. The van der Waals surface area contributed by atoms with Crippen molar-refractivity contribution < 1.29 is 4.79 Å². The number of hydrogen-bond acceptors (Lipinski definition) is 3. The van der Waals surface area contributed by atoms with Crippen LogP contribution in [-0.2, 0) is 17.8 Å². The summed E-state index contributed by atoms with van der Waals surface area (Å²) < 4.78 is 0. The predicted octanol–water partition coefficient (Wildman–Crippen LogP) is 2.66. The highest BCUT2D eigenvalue weighted by Crippen LogP contribution is 2.15. The normalized spacial score (nSPS) is 10.2. The number of nitrogens with one attached hydrogen (secondary N) is 1. The highest BCUT2D eigenvalue weighted by molar-refractivity contribution is 7.98. The van der Waals surface area contributed by atoms with Crippen LogP contribution in [0.3, 0.4) is 0 Å². The molecule has 0 fully saturated rings. The Morgan fingerprint density at radius 2 is 2.00 bits per heavy atom. The van der Waals surface area contributed by atoms with Crippen molar-refractivity contribution >= 4 is 17.7 Å². The van der Waals surface area contributed by atoms with E-state index in [4.69, 9.17) is 0 Å². The third-order valence-corrected chi connectivity index (χ3v) is 3.48. The molecule has 2 aromatic rings. The van der Waals surface area contributed by atoms with Gasteiger partial charge in [0.1, 0.15) is 0 Å². The molecule has 0 atom stereocenters. The standard InChI is InChI=1S/C15H16N2OS/c1-19-14-6-4-12(5-7-14)9-15(18)17-11-13-3-2-8-16-10-13/h2-8,10H,9,11H2,1H3,(H,17,18). The molecule has 0 radical (unpaired) electrons. The van der Waals surface area contributed by atoms with Gasteiger partial charge in [0.25, 0.3) is 0 Å². The number of rotatable bonds is 5. The zero-order valence-electron chi connectivity index (χ0n) is 10.8. The average molecular weight is 272 g/mol. The van der Waals surface area contributed by atoms with E-state index in [1.54, 1.807) is 24.2 Å². The molecule has 1 amide bonds. The molecule has 0 bridgehead atoms. The van der Waals surface area contributed by atoms with Crippen LogP contribution >= 0.6 is 11.8 Å². The third-order valence-electron chi connectivity index (χ3n) is 2.74. The summed E-state index contributed by atoms with van der Waals surface area (Å²) in [7, 11) is 0. The molecule has 3 nitrogen and oxygen atoms in total. The summed E-state index contributed by atoms with van der Waals surface area (Å²) in [5.41, 5.74) is 2.04. The van der Waals surface area contributed by atoms with Crippen molar-refractivity contribution in [2.45, 2.75) is 17.9 Å². The van der Waals surface area contributed by atoms with Gasteiger partial charge in [-0.1, -0.05) is 18.2 Å². The lowest BCUT2D eigenvalue weighted by Gasteiger charge is -2.05. The van der Waals surface area contributed by atoms with Crippen LogP contribution < -0.4 is 5.32 Å². The molecule has 1 N–H and O–H groups in total. The van der Waals surface area contributed by atoms with Crippen molar-refractivity contribution in [3.8, 4) is 0 Å². The molecule has 0 spiro atoms. The van der Waals surface area contributed by atoms with Crippen LogP contribution in [-0.4, -0.2) is 17.1 Å². The van der Waals surface area contributed by atoms with E-state index < -0.39 is 0 Å². The second kappa shape index (κ2) is 6.95. The molecule has 1 aromatic carbocycles. The Hall–Kier alpha value is -1.81. The number of thioether (sulfide) groups is 1. The van der Waals surface area contributed by atoms with E-state index in [-0.39, 0.29) is 5.91 Å². The summed E-state index contributed by atoms with van der Waals surface area (Å²) in [6, 6.07) is 11.9. The van der Waals surface area contributed by atoms with Crippen molar-refractivity contribution in [3.05, 3.63) is 59.9 Å². The van der Waals surface area contributed by atoms with Crippen LogP contribution in [0.15, 0.2) is 53.7 Å². The summed E-state index contributed by atoms with van der Waals surface area (Å²) >= 11 is 1.70. The van der Waals surface area contributed by atoms with Gasteiger partial charge in [0.2, 0.25) is 5.91 Å². The van der Waals surface area contributed by atoms with Crippen molar-refractivity contribution in [2.24, 2.45) is 0 Å². The summed E-state index contributed by atoms with van der Waals surface area (Å²) in [6.07, 6.45) is 5.93. The second-order valence-electron chi connectivity index (χ2n) is 4.16. The Kier molecular flexibility index (Phi) is 4.98. The van der Waals surface area contributed by atoms with Gasteiger partial charge in [-0.2, -0.15) is 0 Å². The van der Waals surface area contributed by atoms with Gasteiger partial charge in [-0.05, 0) is 35.6 Å². The number of pyridine rings is 1. The first kappa shape index (κ1) is 13.6. The maximum absolute atomic E-state index is 11.8. The molecule has 1 aromatic heterocycles. The van der Waals surface area contributed by atoms with Crippen LogP contribution in [0.1, 0.15) is 11.1 Å². The quantitative estimate of drug-likeness (QED) is 0.851. The van der Waals surface area contributed by atoms with Crippen molar-refractivity contribution in [3.63, 3.8) is 0 Å². The lowest BCUT2D eigenvalue weighted by Crippen LogP contribution is -2.24. The first-order valence-corrected chi connectivity index (χ1v) is 7.29. The van der Waals surface area contributed by atoms with E-state index >= 15 is 0 Å². The number of nitrogens with zero attached hydrogens (tertiary/aromatic N) is 1. The highest BCUT2D eigenvalue weighted by Gasteiger charge is 2.03. The molecule has 19 heavy (non-hydrogen) atoms. The Balaban J connectivity index is 1.83. The summed E-state index contributed by atoms with van der Waals surface area (Å²) in [4.78, 5) is 17.0. The van der Waals surface area contributed by atoms with Crippen molar-refractivity contribution in [1.29, 1.82) is 0 Å². The molecular formula is C15H16N2OS. The van der Waals surface area contributed by atoms with Gasteiger partial charge >= 0.3 is 0 Å². The molecule has 2 rings (SSSR count). The van der Waals surface area contributed by atoms with Crippen molar-refractivity contribution in [2.75, 3.05) is 6.26 Å². The molecule has 0 aliphatic heterocycles. The SMILES string of the molecule is CSc1ccc(CC(=O)NCc2cccnc2)cc1. The Bertz CT molecular complexity index is 526. The van der Waals surface area contributed by atoms with Crippen LogP contribution in [0.5, 0.6) is 0 Å². The monoisotopic (exact) mass is 272 g/mol. The van der Waals surface area contributed by atoms with Crippen LogP contribution in [0.2, 0.25) is 0 Å². The average Bonchev–Trinajstić information content (AvgIpc) is 2.47. The fourth-order valence-corrected chi connectivity index (χ4v) is 2.10. The number of carbonyl (C=O) groups excluding carboxylic acids is 1. The first-order chi connectivity index (χ1) is 9.28. The van der Waals surface area contributed by atoms with Gasteiger partial charge < -0.3 is 5.32 Å². The van der Waals surface area contributed by atoms with Gasteiger partial charge in [-0.25, -0.2) is 0 Å². The number of amides is 1. The van der Waals surface area contributed by atoms with Gasteiger partial charge in [-0.15, -0.1) is 11.8 Å². The number of aromatic nitrogens is 1. The fraction of sp³-hybridized carbons (Fsp3) is 0.200. The summed E-state index contributed by atoms with van der Waals surface area (Å²) in [5, 5.41) is 2.89. The number of hydrogen-bond donors (Lipinski definition) is 1. The molecular weight excluding hydrogens is 256 g/mol. The Morgan fingerprint density at radius 1 is 1.21 bits per heavy atom. The summed E-state index contributed by atoms with van der Waals surface area (Å²) in [6.45, 7) is 0.523. The van der Waals surface area contributed by atoms with Gasteiger partial charge in [0.15, 0.2) is 0 Å². The van der Waals surface area contributed by atoms with E-state index in [2.05, 4.69) is 10.3 Å². The predicted molar refractivity (Wildman–Crippen MR) is 78.0 cm³/mol. The number of carbonyl (C=O) groups is 1. The Labute approximate surface area is 117 Å². The minimum atomic E-state index is 0.0285. The zero-order valence-corrected chi connectivity index (χ0v) is 11.6. The maximum Gasteiger partial charge on any atom is 0.224 e. The largest absolute Gasteiger partial charge is 0.352 e. The first-order valence-electron chi connectivity index (χ1n) is 6.06. The van der Waals surface area contributed by atoms with Crippen LogP contribution in [0, 0.1) is 0 Å². The fourth-order valence-electron chi connectivity index (χ4n) is 1.69. The van der Waals surface area contributed by atoms with Crippen LogP contribution in [0.25, 0.3) is 0 Å². The van der Waals surface area contributed by atoms with E-state index in [0.717, 1.165) is 11.1 Å². The van der Waals surface area contributed by atoms with Gasteiger partial charge in [-0.3, -0.25) is 9.78 Å². The van der Waals surface area contributed by atoms with Crippen molar-refractivity contribution in [1.82, 2.24) is 10.3 Å². The highest BCUT2D eigenvalue weighted by atomic mass is 32.2. The van der Waals surface area contributed by atoms with E-state index in [9.17, 15) is 4.79 Å². The van der Waals surface area contributed by atoms with E-state index in [1.165, 1.54) is 4.90 Å². The third kappa shape index (κ3) is 4.41. The summed E-state index contributed by atoms with van der Waals surface area (Å²) in [5.74, 6) is 0.0285. The molecule has 1 heterocycles. The Morgan fingerprint density at radius 3 is 2.63 bits per heavy atom. The van der Waals surface area contributed by atoms with Gasteiger partial charge in [0, 0.05) is 23.8 Å². The molecule has 0 saturated heterocycles. The molecule has 0 unspecified atom stereocenters. The smallest absolute Gasteiger partial charge is 0.224 e. The van der Waals surface area contributed by atoms with E-state index in [0.29, 0.717) is 13.0 Å². The minimum absolute atomic E-state index is 0.0285. The minimum Gasteiger partial charge on any atom is -0.352 e. The molecule has 4 heteroatoms. The lowest BCUT2D eigenvalue weighted by atomic mass is 10.1. The number of benzene rings is 1. The van der Waals surface area contributed by atoms with Gasteiger partial charge in [0.05, 0.1) is 6.42 Å². The zero-order chi connectivity index (χ0) is 13.5. The molecule has 0 aliphatic rings. The molecule has 98 valence electrons. The van der Waals surface area contributed by atoms with E-state index in [1.807, 2.05) is 42.7 Å². The maximum atomic E-state index is 11.8. The molecule has 0 saturated carbocycles. The lowest BCUT2D eigenvalue weighted by molar-refractivity contribution is -0.120. The molecule has 0 aliphatic carbocycles. The topological polar surface area (TPSA) is 42.0 Å².